The van der Waals surface area contributed by atoms with Gasteiger partial charge in [-0.25, -0.2) is 4.98 Å². The number of hydrogen-bond acceptors (Lipinski definition) is 5. The fraction of sp³-hybridized carbons (Fsp3) is 0.571. The van der Waals surface area contributed by atoms with E-state index in [4.69, 9.17) is 16.4 Å². The minimum atomic E-state index is -0.380. The summed E-state index contributed by atoms with van der Waals surface area (Å²) >= 11 is 7.07. The highest BCUT2D eigenvalue weighted by Gasteiger charge is 2.21. The molecule has 0 unspecified atom stereocenters. The Balaban J connectivity index is 1.91. The number of hydroxylamine groups is 2. The molecule has 0 spiro atoms. The maximum Gasteiger partial charge on any atom is 0.183 e. The Hall–Kier alpha value is -0.200. The van der Waals surface area contributed by atoms with E-state index in [0.29, 0.717) is 24.2 Å². The summed E-state index contributed by atoms with van der Waals surface area (Å²) in [7, 11) is 0. The summed E-state index contributed by atoms with van der Waals surface area (Å²) in [5.41, 5.74) is 0.879. The van der Waals surface area contributed by atoms with E-state index in [1.54, 1.807) is 5.06 Å². The van der Waals surface area contributed by atoms with Gasteiger partial charge in [0.2, 0.25) is 0 Å². The second kappa shape index (κ2) is 3.89. The van der Waals surface area contributed by atoms with Crippen LogP contribution >= 0.6 is 22.9 Å². The second-order valence-corrected chi connectivity index (χ2v) is 4.30. The average Bonchev–Trinajstić information content (AvgIpc) is 2.62. The van der Waals surface area contributed by atoms with Gasteiger partial charge in [0.05, 0.1) is 31.5 Å². The van der Waals surface area contributed by atoms with Crippen molar-refractivity contribution >= 4 is 22.9 Å². The number of aromatic nitrogens is 1. The van der Waals surface area contributed by atoms with Crippen molar-refractivity contribution < 1.29 is 9.94 Å². The van der Waals surface area contributed by atoms with Crippen LogP contribution < -0.4 is 0 Å². The van der Waals surface area contributed by atoms with Crippen molar-refractivity contribution in [3.8, 4) is 0 Å². The molecule has 1 atom stereocenters. The first-order chi connectivity index (χ1) is 6.24. The Kier molecular flexibility index (Phi) is 2.80. The monoisotopic (exact) mass is 220 g/mol. The van der Waals surface area contributed by atoms with Gasteiger partial charge in [0.1, 0.15) is 0 Å². The quantitative estimate of drug-likeness (QED) is 0.805. The van der Waals surface area contributed by atoms with Crippen LogP contribution in [0, 0.1) is 0 Å². The standard InChI is InChI=1S/C7H9ClN2O2S/c8-7-9-5(4-13-7)1-10-2-6(11)3-12-10/h4,6,11H,1-3H2/t6-/m1/s1. The summed E-state index contributed by atoms with van der Waals surface area (Å²) in [6.07, 6.45) is -0.380. The Morgan fingerprint density at radius 3 is 3.23 bits per heavy atom. The number of nitrogens with zero attached hydrogens (tertiary/aromatic N) is 2. The molecule has 0 radical (unpaired) electrons. The van der Waals surface area contributed by atoms with Crippen LogP contribution in [0.1, 0.15) is 5.69 Å². The van der Waals surface area contributed by atoms with Crippen molar-refractivity contribution in [3.63, 3.8) is 0 Å². The summed E-state index contributed by atoms with van der Waals surface area (Å²) in [6, 6.07) is 0. The predicted molar refractivity (Wildman–Crippen MR) is 49.5 cm³/mol. The number of rotatable bonds is 2. The van der Waals surface area contributed by atoms with Gasteiger partial charge in [0, 0.05) is 5.38 Å². The Morgan fingerprint density at radius 2 is 2.69 bits per heavy atom. The lowest BCUT2D eigenvalue weighted by Crippen LogP contribution is -2.20. The third-order valence-electron chi connectivity index (χ3n) is 1.73. The van der Waals surface area contributed by atoms with Crippen LogP contribution in [0.25, 0.3) is 0 Å². The molecule has 1 aliphatic rings. The molecule has 0 bridgehead atoms. The number of halogens is 1. The van der Waals surface area contributed by atoms with E-state index in [2.05, 4.69) is 4.98 Å². The molecule has 1 saturated heterocycles. The van der Waals surface area contributed by atoms with E-state index in [1.165, 1.54) is 11.3 Å². The molecule has 2 rings (SSSR count). The molecule has 1 aromatic heterocycles. The molecule has 2 heterocycles. The molecule has 0 amide bonds. The minimum Gasteiger partial charge on any atom is -0.389 e. The Morgan fingerprint density at radius 1 is 1.85 bits per heavy atom. The largest absolute Gasteiger partial charge is 0.389 e. The van der Waals surface area contributed by atoms with E-state index in [1.807, 2.05) is 5.38 Å². The first-order valence-electron chi connectivity index (χ1n) is 3.90. The molecular weight excluding hydrogens is 212 g/mol. The highest BCUT2D eigenvalue weighted by molar-refractivity contribution is 7.13. The van der Waals surface area contributed by atoms with Crippen molar-refractivity contribution in [2.75, 3.05) is 13.2 Å². The molecular formula is C7H9ClN2O2S. The van der Waals surface area contributed by atoms with Crippen LogP contribution in [-0.4, -0.2) is 34.4 Å². The zero-order valence-corrected chi connectivity index (χ0v) is 8.38. The van der Waals surface area contributed by atoms with Gasteiger partial charge in [-0.1, -0.05) is 11.6 Å². The van der Waals surface area contributed by atoms with Crippen LogP contribution in [0.2, 0.25) is 4.47 Å². The Bertz CT molecular complexity index is 294. The molecule has 13 heavy (non-hydrogen) atoms. The summed E-state index contributed by atoms with van der Waals surface area (Å²) in [6.45, 7) is 1.49. The van der Waals surface area contributed by atoms with Gasteiger partial charge in [-0.05, 0) is 0 Å². The molecule has 1 aromatic rings. The fourth-order valence-electron chi connectivity index (χ4n) is 1.18. The topological polar surface area (TPSA) is 45.6 Å². The van der Waals surface area contributed by atoms with E-state index in [0.717, 1.165) is 5.69 Å². The van der Waals surface area contributed by atoms with Crippen LogP contribution in [0.4, 0.5) is 0 Å². The van der Waals surface area contributed by atoms with Gasteiger partial charge in [-0.15, -0.1) is 11.3 Å². The highest BCUT2D eigenvalue weighted by Crippen LogP contribution is 2.17. The van der Waals surface area contributed by atoms with Gasteiger partial charge in [-0.3, -0.25) is 4.84 Å². The molecule has 0 aliphatic carbocycles. The third kappa shape index (κ3) is 2.38. The molecule has 1 fully saturated rings. The molecule has 6 heteroatoms. The molecule has 1 N–H and O–H groups in total. The summed E-state index contributed by atoms with van der Waals surface area (Å²) in [4.78, 5) is 9.26. The summed E-state index contributed by atoms with van der Waals surface area (Å²) in [5.74, 6) is 0. The Labute approximate surface area is 84.7 Å². The van der Waals surface area contributed by atoms with Gasteiger partial charge >= 0.3 is 0 Å². The molecule has 0 aromatic carbocycles. The maximum atomic E-state index is 9.17. The smallest absolute Gasteiger partial charge is 0.183 e. The zero-order chi connectivity index (χ0) is 9.26. The average molecular weight is 221 g/mol. The second-order valence-electron chi connectivity index (χ2n) is 2.86. The number of thiazole rings is 1. The summed E-state index contributed by atoms with van der Waals surface area (Å²) < 4.78 is 0.537. The summed E-state index contributed by atoms with van der Waals surface area (Å²) in [5, 5.41) is 12.7. The van der Waals surface area contributed by atoms with Gasteiger partial charge in [0.25, 0.3) is 0 Å². The van der Waals surface area contributed by atoms with Crippen molar-refractivity contribution in [2.45, 2.75) is 12.6 Å². The van der Waals surface area contributed by atoms with E-state index in [9.17, 15) is 5.11 Å². The predicted octanol–water partition coefficient (Wildman–Crippen LogP) is 0.905. The highest BCUT2D eigenvalue weighted by atomic mass is 35.5. The van der Waals surface area contributed by atoms with Crippen LogP contribution in [0.3, 0.4) is 0 Å². The first-order valence-corrected chi connectivity index (χ1v) is 5.15. The maximum absolute atomic E-state index is 9.17. The lowest BCUT2D eigenvalue weighted by molar-refractivity contribution is -0.118. The number of aliphatic hydroxyl groups excluding tert-OH is 1. The van der Waals surface area contributed by atoms with Gasteiger partial charge in [0.15, 0.2) is 4.47 Å². The first kappa shape index (κ1) is 9.36. The van der Waals surface area contributed by atoms with Crippen LogP contribution in [-0.2, 0) is 11.4 Å². The number of β-amino-alcohol motifs (C(OH)–C–C–N with tert-alkyl or cyclic N) is 1. The molecule has 72 valence electrons. The lowest BCUT2D eigenvalue weighted by Gasteiger charge is -2.10. The zero-order valence-electron chi connectivity index (χ0n) is 6.81. The van der Waals surface area contributed by atoms with Crippen molar-refractivity contribution in [1.29, 1.82) is 0 Å². The molecule has 1 aliphatic heterocycles. The molecule has 0 saturated carbocycles. The van der Waals surface area contributed by atoms with Crippen molar-refractivity contribution in [1.82, 2.24) is 10.0 Å². The normalized spacial score (nSPS) is 24.0. The fourth-order valence-corrected chi connectivity index (χ4v) is 1.95. The van der Waals surface area contributed by atoms with E-state index < -0.39 is 0 Å². The van der Waals surface area contributed by atoms with Crippen LogP contribution in [0.15, 0.2) is 5.38 Å². The minimum absolute atomic E-state index is 0.373. The van der Waals surface area contributed by atoms with Crippen molar-refractivity contribution in [2.24, 2.45) is 0 Å². The van der Waals surface area contributed by atoms with Crippen LogP contribution in [0.5, 0.6) is 0 Å². The lowest BCUT2D eigenvalue weighted by atomic mass is 10.4. The van der Waals surface area contributed by atoms with E-state index in [-0.39, 0.29) is 6.10 Å². The number of hydrogen-bond donors (Lipinski definition) is 1. The van der Waals surface area contributed by atoms with Gasteiger partial charge < -0.3 is 5.11 Å². The molecule has 4 nitrogen and oxygen atoms in total. The number of aliphatic hydroxyl groups is 1. The third-order valence-corrected chi connectivity index (χ3v) is 2.75. The SMILES string of the molecule is O[C@H]1CON(Cc2csc(Cl)n2)C1. The van der Waals surface area contributed by atoms with E-state index >= 15 is 0 Å². The van der Waals surface area contributed by atoms with Crippen molar-refractivity contribution in [3.05, 3.63) is 15.5 Å². The van der Waals surface area contributed by atoms with Gasteiger partial charge in [-0.2, -0.15) is 5.06 Å².